The number of hydrogen-bond donors (Lipinski definition) is 2. The third-order valence-corrected chi connectivity index (χ3v) is 4.17. The van der Waals surface area contributed by atoms with Gasteiger partial charge in [0.25, 0.3) is 0 Å². The van der Waals surface area contributed by atoms with Crippen LogP contribution in [0.4, 0.5) is 8.78 Å². The molecule has 136 valence electrons. The Labute approximate surface area is 146 Å². The lowest BCUT2D eigenvalue weighted by atomic mass is 10.2. The van der Waals surface area contributed by atoms with E-state index in [2.05, 4.69) is 27.3 Å². The van der Waals surface area contributed by atoms with Crippen LogP contribution >= 0.6 is 11.8 Å². The molecule has 8 heteroatoms. The molecule has 0 aliphatic carbocycles. The maximum atomic E-state index is 12.5. The van der Waals surface area contributed by atoms with E-state index >= 15 is 0 Å². The molecular weight excluding hydrogens is 336 g/mol. The van der Waals surface area contributed by atoms with E-state index in [-0.39, 0.29) is 12.3 Å². The van der Waals surface area contributed by atoms with Gasteiger partial charge in [0.1, 0.15) is 11.5 Å². The quantitative estimate of drug-likeness (QED) is 0.523. The fourth-order valence-corrected chi connectivity index (χ4v) is 2.10. The molecule has 0 radical (unpaired) electrons. The Kier molecular flexibility index (Phi) is 9.29. The van der Waals surface area contributed by atoms with Crippen molar-refractivity contribution in [3.63, 3.8) is 0 Å². The third-order valence-electron chi connectivity index (χ3n) is 3.19. The summed E-state index contributed by atoms with van der Waals surface area (Å²) in [5.41, 5.74) is 0.532. The summed E-state index contributed by atoms with van der Waals surface area (Å²) in [6.07, 6.45) is 2.04. The Balaban J connectivity index is 2.89. The van der Waals surface area contributed by atoms with Gasteiger partial charge in [-0.15, -0.1) is 0 Å². The molecule has 1 unspecified atom stereocenters. The summed E-state index contributed by atoms with van der Waals surface area (Å²) >= 11 is 1.75. The van der Waals surface area contributed by atoms with Crippen molar-refractivity contribution in [3.8, 4) is 11.5 Å². The molecule has 0 saturated heterocycles. The number of nitrogens with zero attached hydrogens (tertiary/aromatic N) is 1. The Morgan fingerprint density at radius 1 is 1.33 bits per heavy atom. The average Bonchev–Trinajstić information content (AvgIpc) is 2.57. The highest BCUT2D eigenvalue weighted by Crippen LogP contribution is 2.26. The van der Waals surface area contributed by atoms with Crippen molar-refractivity contribution in [2.75, 3.05) is 26.5 Å². The van der Waals surface area contributed by atoms with Crippen LogP contribution in [0.25, 0.3) is 0 Å². The summed E-state index contributed by atoms with van der Waals surface area (Å²) in [4.78, 5) is 4.44. The molecule has 0 amide bonds. The van der Waals surface area contributed by atoms with Gasteiger partial charge in [-0.1, -0.05) is 6.92 Å². The molecule has 0 bridgehead atoms. The van der Waals surface area contributed by atoms with E-state index in [0.29, 0.717) is 29.1 Å². The summed E-state index contributed by atoms with van der Waals surface area (Å²) in [6.45, 7) is 2.85. The molecule has 0 saturated carbocycles. The second-order valence-corrected chi connectivity index (χ2v) is 6.25. The van der Waals surface area contributed by atoms with E-state index < -0.39 is 6.61 Å². The Hall–Kier alpha value is -1.70. The van der Waals surface area contributed by atoms with Crippen molar-refractivity contribution < 1.29 is 18.3 Å². The zero-order valence-corrected chi connectivity index (χ0v) is 15.3. The van der Waals surface area contributed by atoms with Crippen LogP contribution < -0.4 is 20.1 Å². The molecule has 0 heterocycles. The summed E-state index contributed by atoms with van der Waals surface area (Å²) in [6, 6.07) is 4.69. The number of methoxy groups -OCH3 is 1. The van der Waals surface area contributed by atoms with E-state index in [1.807, 2.05) is 13.2 Å². The van der Waals surface area contributed by atoms with Crippen molar-refractivity contribution in [2.45, 2.75) is 32.3 Å². The Morgan fingerprint density at radius 2 is 2.08 bits per heavy atom. The fraction of sp³-hybridized carbons (Fsp3) is 0.562. The first kappa shape index (κ1) is 20.3. The largest absolute Gasteiger partial charge is 0.497 e. The van der Waals surface area contributed by atoms with E-state index in [4.69, 9.17) is 4.74 Å². The van der Waals surface area contributed by atoms with E-state index in [0.717, 1.165) is 6.54 Å². The van der Waals surface area contributed by atoms with Crippen molar-refractivity contribution >= 4 is 17.7 Å². The first-order valence-corrected chi connectivity index (χ1v) is 8.95. The molecular formula is C16H25F2N3O2S. The minimum Gasteiger partial charge on any atom is -0.497 e. The number of hydrogen-bond acceptors (Lipinski definition) is 4. The number of alkyl halides is 2. The highest BCUT2D eigenvalue weighted by atomic mass is 32.2. The maximum Gasteiger partial charge on any atom is 0.387 e. The number of benzene rings is 1. The fourth-order valence-electron chi connectivity index (χ4n) is 1.85. The predicted octanol–water partition coefficient (Wildman–Crippen LogP) is 3.10. The number of nitrogens with one attached hydrogen (secondary N) is 2. The van der Waals surface area contributed by atoms with Gasteiger partial charge in [0.15, 0.2) is 5.96 Å². The standard InChI is InChI=1S/C16H25F2N3O2S/c1-5-19-16(20-9-11(2)24-4)21-10-12-8-13(22-3)6-7-14(12)23-15(17)18/h6-8,11,15H,5,9-10H2,1-4H3,(H2,19,20,21). The topological polar surface area (TPSA) is 54.9 Å². The van der Waals surface area contributed by atoms with Gasteiger partial charge in [-0.25, -0.2) is 4.99 Å². The molecule has 0 aromatic heterocycles. The van der Waals surface area contributed by atoms with E-state index in [1.54, 1.807) is 23.9 Å². The zero-order valence-electron chi connectivity index (χ0n) is 14.4. The van der Waals surface area contributed by atoms with Crippen LogP contribution in [0.1, 0.15) is 19.4 Å². The molecule has 1 atom stereocenters. The van der Waals surface area contributed by atoms with E-state index in [1.165, 1.54) is 13.2 Å². The number of ether oxygens (including phenoxy) is 2. The SMILES string of the molecule is CCNC(=NCc1cc(OC)ccc1OC(F)F)NCC(C)SC. The number of aliphatic imine (C=N–C) groups is 1. The monoisotopic (exact) mass is 361 g/mol. The molecule has 5 nitrogen and oxygen atoms in total. The van der Waals surface area contributed by atoms with Gasteiger partial charge in [-0.05, 0) is 31.4 Å². The molecule has 1 aromatic rings. The second kappa shape index (κ2) is 11.0. The molecule has 24 heavy (non-hydrogen) atoms. The lowest BCUT2D eigenvalue weighted by molar-refractivity contribution is -0.0504. The summed E-state index contributed by atoms with van der Waals surface area (Å²) < 4.78 is 34.8. The van der Waals surface area contributed by atoms with Crippen molar-refractivity contribution in [2.24, 2.45) is 4.99 Å². The maximum absolute atomic E-state index is 12.5. The molecule has 0 fully saturated rings. The van der Waals surface area contributed by atoms with Gasteiger partial charge >= 0.3 is 6.61 Å². The summed E-state index contributed by atoms with van der Waals surface area (Å²) in [5, 5.41) is 6.79. The molecule has 0 spiro atoms. The van der Waals surface area contributed by atoms with Gasteiger partial charge in [0.05, 0.1) is 13.7 Å². The highest BCUT2D eigenvalue weighted by molar-refractivity contribution is 7.99. The predicted molar refractivity (Wildman–Crippen MR) is 95.4 cm³/mol. The minimum atomic E-state index is -2.88. The highest BCUT2D eigenvalue weighted by Gasteiger charge is 2.11. The summed E-state index contributed by atoms with van der Waals surface area (Å²) in [5.74, 6) is 1.29. The van der Waals surface area contributed by atoms with Crippen LogP contribution in [0, 0.1) is 0 Å². The van der Waals surface area contributed by atoms with Crippen LogP contribution in [-0.4, -0.2) is 44.3 Å². The molecule has 0 aliphatic heterocycles. The van der Waals surface area contributed by atoms with Crippen LogP contribution in [0.5, 0.6) is 11.5 Å². The lowest BCUT2D eigenvalue weighted by Crippen LogP contribution is -2.40. The second-order valence-electron chi connectivity index (χ2n) is 4.97. The normalized spacial score (nSPS) is 12.9. The number of halogens is 2. The van der Waals surface area contributed by atoms with Gasteiger partial charge in [-0.2, -0.15) is 20.5 Å². The first-order valence-electron chi connectivity index (χ1n) is 7.66. The van der Waals surface area contributed by atoms with Crippen molar-refractivity contribution in [3.05, 3.63) is 23.8 Å². The van der Waals surface area contributed by atoms with Crippen LogP contribution in [0.15, 0.2) is 23.2 Å². The van der Waals surface area contributed by atoms with Gasteiger partial charge in [-0.3, -0.25) is 0 Å². The van der Waals surface area contributed by atoms with Gasteiger partial charge in [0.2, 0.25) is 0 Å². The number of rotatable bonds is 9. The summed E-state index contributed by atoms with van der Waals surface area (Å²) in [7, 11) is 1.52. The molecule has 1 aromatic carbocycles. The Bertz CT molecular complexity index is 530. The molecule has 2 N–H and O–H groups in total. The van der Waals surface area contributed by atoms with Crippen molar-refractivity contribution in [1.82, 2.24) is 10.6 Å². The van der Waals surface area contributed by atoms with Crippen LogP contribution in [0.2, 0.25) is 0 Å². The first-order chi connectivity index (χ1) is 11.5. The van der Waals surface area contributed by atoms with Gasteiger partial charge in [0, 0.05) is 23.9 Å². The van der Waals surface area contributed by atoms with Crippen LogP contribution in [-0.2, 0) is 6.54 Å². The average molecular weight is 361 g/mol. The smallest absolute Gasteiger partial charge is 0.387 e. The molecule has 0 aliphatic rings. The van der Waals surface area contributed by atoms with Gasteiger partial charge < -0.3 is 20.1 Å². The van der Waals surface area contributed by atoms with Crippen molar-refractivity contribution in [1.29, 1.82) is 0 Å². The lowest BCUT2D eigenvalue weighted by Gasteiger charge is -2.15. The Morgan fingerprint density at radius 3 is 2.67 bits per heavy atom. The zero-order chi connectivity index (χ0) is 17.9. The third kappa shape index (κ3) is 7.25. The molecule has 1 rings (SSSR count). The van der Waals surface area contributed by atoms with Crippen LogP contribution in [0.3, 0.4) is 0 Å². The van der Waals surface area contributed by atoms with E-state index in [9.17, 15) is 8.78 Å². The minimum absolute atomic E-state index is 0.0999. The number of guanidine groups is 1. The number of thioether (sulfide) groups is 1.